The van der Waals surface area contributed by atoms with E-state index in [9.17, 15) is 8.78 Å². The largest absolute Gasteiger partial charge is 0.350 e. The quantitative estimate of drug-likeness (QED) is 0.762. The minimum atomic E-state index is -2.35. The van der Waals surface area contributed by atoms with Crippen molar-refractivity contribution in [1.29, 1.82) is 0 Å². The van der Waals surface area contributed by atoms with Crippen LogP contribution in [-0.4, -0.2) is 29.8 Å². The van der Waals surface area contributed by atoms with Crippen LogP contribution in [0.3, 0.4) is 0 Å². The number of halogens is 4. The van der Waals surface area contributed by atoms with Crippen LogP contribution in [0.25, 0.3) is 0 Å². The molecule has 1 heterocycles. The second-order valence-electron chi connectivity index (χ2n) is 2.86. The average molecular weight is 344 g/mol. The fourth-order valence-corrected chi connectivity index (χ4v) is 1.79. The van der Waals surface area contributed by atoms with E-state index < -0.39 is 6.43 Å². The van der Waals surface area contributed by atoms with Crippen LogP contribution >= 0.6 is 31.9 Å². The van der Waals surface area contributed by atoms with Crippen molar-refractivity contribution in [1.82, 2.24) is 4.98 Å². The lowest BCUT2D eigenvalue weighted by Gasteiger charge is -2.22. The molecule has 0 amide bonds. The summed E-state index contributed by atoms with van der Waals surface area (Å²) in [4.78, 5) is 5.62. The van der Waals surface area contributed by atoms with Gasteiger partial charge in [-0.3, -0.25) is 0 Å². The predicted octanol–water partition coefficient (Wildman–Crippen LogP) is 3.31. The number of hydrogen-bond acceptors (Lipinski definition) is 2. The van der Waals surface area contributed by atoms with E-state index in [0.717, 1.165) is 4.47 Å². The molecule has 1 aromatic heterocycles. The second-order valence-corrected chi connectivity index (χ2v) is 4.57. The van der Waals surface area contributed by atoms with Crippen molar-refractivity contribution in [3.63, 3.8) is 0 Å². The number of hydrogen-bond donors (Lipinski definition) is 0. The number of nitrogens with zero attached hydrogens (tertiary/aromatic N) is 2. The monoisotopic (exact) mass is 342 g/mol. The van der Waals surface area contributed by atoms with Gasteiger partial charge in [0, 0.05) is 22.5 Å². The number of rotatable bonds is 5. The molecule has 0 spiro atoms. The Kier molecular flexibility index (Phi) is 5.45. The first kappa shape index (κ1) is 12.8. The lowest BCUT2D eigenvalue weighted by atomic mass is 10.4. The Hall–Kier alpha value is -0.230. The highest BCUT2D eigenvalue weighted by molar-refractivity contribution is 9.10. The Balaban J connectivity index is 2.74. The fraction of sp³-hybridized carbons (Fsp3) is 0.444. The zero-order valence-corrected chi connectivity index (χ0v) is 11.0. The lowest BCUT2D eigenvalue weighted by Crippen LogP contribution is -2.31. The van der Waals surface area contributed by atoms with Crippen molar-refractivity contribution >= 4 is 37.7 Å². The van der Waals surface area contributed by atoms with E-state index in [1.807, 2.05) is 0 Å². The average Bonchev–Trinajstić information content (AvgIpc) is 2.17. The zero-order valence-electron chi connectivity index (χ0n) is 7.84. The van der Waals surface area contributed by atoms with Gasteiger partial charge in [-0.15, -0.1) is 0 Å². The summed E-state index contributed by atoms with van der Waals surface area (Å²) in [6, 6.07) is 3.50. The zero-order chi connectivity index (χ0) is 11.3. The van der Waals surface area contributed by atoms with Gasteiger partial charge in [-0.2, -0.15) is 0 Å². The van der Waals surface area contributed by atoms with Crippen molar-refractivity contribution in [2.75, 3.05) is 23.3 Å². The first-order valence-corrected chi connectivity index (χ1v) is 6.25. The molecular formula is C9H10Br2F2N2. The molecule has 6 heteroatoms. The molecule has 1 rings (SSSR count). The molecule has 0 radical (unpaired) electrons. The van der Waals surface area contributed by atoms with E-state index in [4.69, 9.17) is 0 Å². The molecule has 1 aromatic rings. The molecule has 0 atom stereocenters. The first-order valence-electron chi connectivity index (χ1n) is 4.34. The summed E-state index contributed by atoms with van der Waals surface area (Å²) in [6.45, 7) is 0.221. The molecule has 0 aromatic carbocycles. The van der Waals surface area contributed by atoms with Crippen molar-refractivity contribution in [3.8, 4) is 0 Å². The van der Waals surface area contributed by atoms with Gasteiger partial charge in [-0.1, -0.05) is 15.9 Å². The van der Waals surface area contributed by atoms with Crippen LogP contribution in [0.5, 0.6) is 0 Å². The Morgan fingerprint density at radius 2 is 2.13 bits per heavy atom. The third-order valence-electron chi connectivity index (χ3n) is 1.75. The van der Waals surface area contributed by atoms with Crippen LogP contribution in [0.15, 0.2) is 22.8 Å². The molecule has 0 aliphatic rings. The Bertz CT molecular complexity index is 293. The van der Waals surface area contributed by atoms with Gasteiger partial charge >= 0.3 is 0 Å². The summed E-state index contributed by atoms with van der Waals surface area (Å²) in [7, 11) is 0. The third kappa shape index (κ3) is 4.42. The molecule has 0 unspecified atom stereocenters. The van der Waals surface area contributed by atoms with Gasteiger partial charge < -0.3 is 4.90 Å². The van der Waals surface area contributed by atoms with Gasteiger partial charge in [0.15, 0.2) is 0 Å². The highest BCUT2D eigenvalue weighted by Crippen LogP contribution is 2.15. The van der Waals surface area contributed by atoms with E-state index in [1.54, 1.807) is 23.2 Å². The lowest BCUT2D eigenvalue weighted by molar-refractivity contribution is 0.155. The number of alkyl halides is 3. The standard InChI is InChI=1S/C9H10Br2F2N2/c10-3-4-15(6-8(12)13)9-2-1-7(11)5-14-9/h1-2,5,8H,3-4,6H2. The van der Waals surface area contributed by atoms with E-state index in [-0.39, 0.29) is 6.54 Å². The van der Waals surface area contributed by atoms with Crippen molar-refractivity contribution in [2.24, 2.45) is 0 Å². The fourth-order valence-electron chi connectivity index (χ4n) is 1.12. The number of aromatic nitrogens is 1. The molecule has 0 aliphatic heterocycles. The third-order valence-corrected chi connectivity index (χ3v) is 2.57. The van der Waals surface area contributed by atoms with Gasteiger partial charge in [0.1, 0.15) is 5.82 Å². The maximum atomic E-state index is 12.3. The highest BCUT2D eigenvalue weighted by Gasteiger charge is 2.12. The maximum absolute atomic E-state index is 12.3. The Morgan fingerprint density at radius 3 is 2.60 bits per heavy atom. The smallest absolute Gasteiger partial charge is 0.255 e. The summed E-state index contributed by atoms with van der Waals surface area (Å²) in [6.07, 6.45) is -0.753. The van der Waals surface area contributed by atoms with Crippen LogP contribution in [0, 0.1) is 0 Å². The van der Waals surface area contributed by atoms with Crippen LogP contribution in [0.2, 0.25) is 0 Å². The molecule has 2 nitrogen and oxygen atoms in total. The van der Waals surface area contributed by atoms with Crippen molar-refractivity contribution < 1.29 is 8.78 Å². The summed E-state index contributed by atoms with van der Waals surface area (Å²) < 4.78 is 25.4. The van der Waals surface area contributed by atoms with Crippen LogP contribution in [-0.2, 0) is 0 Å². The molecule has 0 aliphatic carbocycles. The molecule has 0 fully saturated rings. The van der Waals surface area contributed by atoms with E-state index >= 15 is 0 Å². The Labute approximate surface area is 104 Å². The van der Waals surface area contributed by atoms with Crippen LogP contribution in [0.4, 0.5) is 14.6 Å². The molecule has 84 valence electrons. The summed E-state index contributed by atoms with van der Waals surface area (Å²) >= 11 is 6.47. The highest BCUT2D eigenvalue weighted by atomic mass is 79.9. The van der Waals surface area contributed by atoms with E-state index in [1.165, 1.54) is 0 Å². The van der Waals surface area contributed by atoms with Gasteiger partial charge in [-0.05, 0) is 28.1 Å². The van der Waals surface area contributed by atoms with E-state index in [0.29, 0.717) is 17.7 Å². The van der Waals surface area contributed by atoms with Crippen molar-refractivity contribution in [2.45, 2.75) is 6.43 Å². The molecule has 0 N–H and O–H groups in total. The summed E-state index contributed by atoms with van der Waals surface area (Å²) in [5, 5.41) is 0.636. The normalized spacial score (nSPS) is 10.7. The Morgan fingerprint density at radius 1 is 1.40 bits per heavy atom. The van der Waals surface area contributed by atoms with Crippen molar-refractivity contribution in [3.05, 3.63) is 22.8 Å². The van der Waals surface area contributed by atoms with Gasteiger partial charge in [0.25, 0.3) is 6.43 Å². The first-order chi connectivity index (χ1) is 7.13. The number of pyridine rings is 1. The molecular weight excluding hydrogens is 334 g/mol. The van der Waals surface area contributed by atoms with Crippen LogP contribution < -0.4 is 4.90 Å². The van der Waals surface area contributed by atoms with E-state index in [2.05, 4.69) is 36.8 Å². The predicted molar refractivity (Wildman–Crippen MR) is 63.9 cm³/mol. The number of anilines is 1. The van der Waals surface area contributed by atoms with Crippen LogP contribution in [0.1, 0.15) is 0 Å². The summed E-state index contributed by atoms with van der Waals surface area (Å²) in [5.41, 5.74) is 0. The molecule has 0 saturated carbocycles. The molecule has 0 bridgehead atoms. The molecule has 15 heavy (non-hydrogen) atoms. The second kappa shape index (κ2) is 6.37. The van der Waals surface area contributed by atoms with Gasteiger partial charge in [-0.25, -0.2) is 13.8 Å². The maximum Gasteiger partial charge on any atom is 0.255 e. The SMILES string of the molecule is FC(F)CN(CCBr)c1ccc(Br)cn1. The van der Waals surface area contributed by atoms with Gasteiger partial charge in [0.05, 0.1) is 6.54 Å². The minimum Gasteiger partial charge on any atom is -0.350 e. The minimum absolute atomic E-state index is 0.291. The molecule has 0 saturated heterocycles. The summed E-state index contributed by atoms with van der Waals surface area (Å²) in [5.74, 6) is 0.568. The van der Waals surface area contributed by atoms with Gasteiger partial charge in [0.2, 0.25) is 0 Å². The topological polar surface area (TPSA) is 16.1 Å².